The lowest BCUT2D eigenvalue weighted by molar-refractivity contribution is -0.179. The van der Waals surface area contributed by atoms with Crippen LogP contribution in [-0.4, -0.2) is 77.3 Å². The van der Waals surface area contributed by atoms with E-state index in [4.69, 9.17) is 20.0 Å². The Morgan fingerprint density at radius 2 is 1.97 bits per heavy atom. The standard InChI is InChI=1S/C21H25N5O8S2/c1-20(2,3)33-18(31)21(4,5)34-24-11(13-23-19(22)36-25-13)10(27)6-8-14(28)26-12-9(7-35-15(8)26)16(29)32-17(12)30/h8,15-16,29H,6-7H2,1-5H3,(H2,22,23,25)/b24-11+/t8-,15-,16?/m1/s1. The first-order chi connectivity index (χ1) is 16.7. The maximum atomic E-state index is 13.3. The molecule has 0 aliphatic carbocycles. The number of hydrogen-bond donors (Lipinski definition) is 2. The number of hydrogen-bond acceptors (Lipinski definition) is 14. The van der Waals surface area contributed by atoms with E-state index in [0.717, 1.165) is 11.5 Å². The van der Waals surface area contributed by atoms with Gasteiger partial charge in [-0.05, 0) is 34.6 Å². The molecule has 4 heterocycles. The van der Waals surface area contributed by atoms with Gasteiger partial charge in [0.1, 0.15) is 11.3 Å². The van der Waals surface area contributed by atoms with Crippen molar-refractivity contribution in [1.82, 2.24) is 14.3 Å². The summed E-state index contributed by atoms with van der Waals surface area (Å²) in [4.78, 5) is 61.4. The van der Waals surface area contributed by atoms with E-state index in [1.807, 2.05) is 0 Å². The number of β-lactam (4-membered cyclic amide) rings is 1. The second-order valence-corrected chi connectivity index (χ2v) is 11.7. The molecule has 1 fully saturated rings. The molecule has 3 aliphatic heterocycles. The topological polar surface area (TPSA) is 184 Å². The zero-order valence-electron chi connectivity index (χ0n) is 20.1. The molecule has 3 aliphatic rings. The largest absolute Gasteiger partial charge is 0.457 e. The highest BCUT2D eigenvalue weighted by molar-refractivity contribution is 8.00. The average Bonchev–Trinajstić information content (AvgIpc) is 3.32. The lowest BCUT2D eigenvalue weighted by atomic mass is 9.89. The molecule has 1 aromatic rings. The molecule has 0 bridgehead atoms. The number of amides is 1. The second-order valence-electron chi connectivity index (χ2n) is 9.77. The summed E-state index contributed by atoms with van der Waals surface area (Å²) >= 11 is 2.15. The first-order valence-corrected chi connectivity index (χ1v) is 12.7. The Balaban J connectivity index is 1.53. The lowest BCUT2D eigenvalue weighted by Gasteiger charge is -2.48. The number of nitrogens with zero attached hydrogens (tertiary/aromatic N) is 4. The number of anilines is 1. The first-order valence-electron chi connectivity index (χ1n) is 10.9. The van der Waals surface area contributed by atoms with E-state index >= 15 is 0 Å². The molecule has 0 radical (unpaired) electrons. The predicted octanol–water partition coefficient (Wildman–Crippen LogP) is 0.581. The number of aromatic nitrogens is 2. The number of thioether (sulfide) groups is 1. The van der Waals surface area contributed by atoms with Crippen molar-refractivity contribution >= 4 is 57.8 Å². The highest BCUT2D eigenvalue weighted by Gasteiger charge is 2.57. The minimum absolute atomic E-state index is 0.0326. The van der Waals surface area contributed by atoms with Gasteiger partial charge in [-0.15, -0.1) is 11.8 Å². The molecule has 4 rings (SSSR count). The Morgan fingerprint density at radius 1 is 1.28 bits per heavy atom. The summed E-state index contributed by atoms with van der Waals surface area (Å²) in [6, 6.07) is 0. The fraction of sp³-hybridized carbons (Fsp3) is 0.571. The van der Waals surface area contributed by atoms with Gasteiger partial charge in [0.2, 0.25) is 23.6 Å². The summed E-state index contributed by atoms with van der Waals surface area (Å²) in [7, 11) is 0. The molecule has 1 unspecified atom stereocenters. The number of carbonyl (C=O) groups is 4. The molecule has 194 valence electrons. The van der Waals surface area contributed by atoms with Crippen LogP contribution in [0.4, 0.5) is 5.13 Å². The number of ketones is 1. The van der Waals surface area contributed by atoms with Crippen LogP contribution in [0.5, 0.6) is 0 Å². The fourth-order valence-corrected chi connectivity index (χ4v) is 5.49. The molecule has 15 heteroatoms. The van der Waals surface area contributed by atoms with E-state index in [1.54, 1.807) is 20.8 Å². The number of rotatable bonds is 7. The van der Waals surface area contributed by atoms with Gasteiger partial charge >= 0.3 is 11.9 Å². The van der Waals surface area contributed by atoms with Crippen LogP contribution in [0.1, 0.15) is 46.9 Å². The van der Waals surface area contributed by atoms with Crippen LogP contribution in [0, 0.1) is 5.92 Å². The van der Waals surface area contributed by atoms with Crippen LogP contribution in [0.15, 0.2) is 16.4 Å². The summed E-state index contributed by atoms with van der Waals surface area (Å²) in [6.07, 6.45) is -1.65. The summed E-state index contributed by atoms with van der Waals surface area (Å²) in [6.45, 7) is 7.97. The quantitative estimate of drug-likeness (QED) is 0.213. The van der Waals surface area contributed by atoms with E-state index in [9.17, 15) is 24.3 Å². The Kier molecular flexibility index (Phi) is 6.59. The minimum Gasteiger partial charge on any atom is -0.457 e. The van der Waals surface area contributed by atoms with Gasteiger partial charge in [-0.3, -0.25) is 14.5 Å². The summed E-state index contributed by atoms with van der Waals surface area (Å²) in [5, 5.41) is 13.3. The van der Waals surface area contributed by atoms with Crippen molar-refractivity contribution in [2.24, 2.45) is 11.1 Å². The molecule has 3 N–H and O–H groups in total. The summed E-state index contributed by atoms with van der Waals surface area (Å²) in [5.41, 5.74) is 3.42. The van der Waals surface area contributed by atoms with Crippen LogP contribution in [-0.2, 0) is 33.5 Å². The maximum Gasteiger partial charge on any atom is 0.357 e. The number of Topliss-reactive ketones (excluding diaryl/α,β-unsaturated/α-hetero) is 1. The van der Waals surface area contributed by atoms with Crippen molar-refractivity contribution in [3.63, 3.8) is 0 Å². The highest BCUT2D eigenvalue weighted by Crippen LogP contribution is 2.47. The van der Waals surface area contributed by atoms with Crippen molar-refractivity contribution in [1.29, 1.82) is 0 Å². The van der Waals surface area contributed by atoms with Crippen molar-refractivity contribution in [2.75, 3.05) is 11.5 Å². The van der Waals surface area contributed by atoms with Crippen molar-refractivity contribution < 1.29 is 38.6 Å². The van der Waals surface area contributed by atoms with Gasteiger partial charge < -0.3 is 25.2 Å². The van der Waals surface area contributed by atoms with Crippen LogP contribution in [0.2, 0.25) is 0 Å². The molecule has 0 aromatic carbocycles. The van der Waals surface area contributed by atoms with Crippen molar-refractivity contribution in [2.45, 2.75) is 63.9 Å². The van der Waals surface area contributed by atoms with Gasteiger partial charge in [-0.2, -0.15) is 9.36 Å². The molecule has 0 saturated carbocycles. The number of cyclic esters (lactones) is 1. The number of nitrogen functional groups attached to an aromatic ring is 1. The van der Waals surface area contributed by atoms with Gasteiger partial charge in [0.15, 0.2) is 16.6 Å². The van der Waals surface area contributed by atoms with E-state index in [-0.39, 0.29) is 34.5 Å². The SMILES string of the molecule is CC(C)(C)OC(=O)C(C)(C)O/N=C(\C(=O)C[C@@H]1C(=O)N2C3=C(CS[C@H]12)C(O)OC3=O)c1nsc(N)n1. The number of oxime groups is 1. The third-order valence-electron chi connectivity index (χ3n) is 5.40. The molecule has 13 nitrogen and oxygen atoms in total. The van der Waals surface area contributed by atoms with Crippen LogP contribution in [0.3, 0.4) is 0 Å². The third-order valence-corrected chi connectivity index (χ3v) is 7.30. The maximum absolute atomic E-state index is 13.3. The molecule has 1 aromatic heterocycles. The molecule has 1 amide bonds. The Hall–Kier alpha value is -3.04. The van der Waals surface area contributed by atoms with Gasteiger partial charge in [0, 0.05) is 29.3 Å². The van der Waals surface area contributed by atoms with Crippen LogP contribution in [0.25, 0.3) is 0 Å². The zero-order valence-corrected chi connectivity index (χ0v) is 21.8. The predicted molar refractivity (Wildman–Crippen MR) is 127 cm³/mol. The molecule has 0 spiro atoms. The van der Waals surface area contributed by atoms with Crippen molar-refractivity contribution in [3.8, 4) is 0 Å². The molecular weight excluding hydrogens is 514 g/mol. The minimum atomic E-state index is -1.55. The van der Waals surface area contributed by atoms with E-state index < -0.39 is 52.4 Å². The number of nitrogens with two attached hydrogens (primary N) is 1. The lowest BCUT2D eigenvalue weighted by Crippen LogP contribution is -2.61. The second kappa shape index (κ2) is 9.12. The molecular formula is C21H25N5O8S2. The monoisotopic (exact) mass is 539 g/mol. The zero-order chi connectivity index (χ0) is 26.6. The Bertz CT molecular complexity index is 1200. The van der Waals surface area contributed by atoms with Crippen LogP contribution < -0.4 is 5.73 Å². The van der Waals surface area contributed by atoms with E-state index in [2.05, 4.69) is 14.5 Å². The van der Waals surface area contributed by atoms with Crippen molar-refractivity contribution in [3.05, 3.63) is 17.1 Å². The fourth-order valence-electron chi connectivity index (χ4n) is 3.63. The number of aliphatic hydroxyl groups is 1. The van der Waals surface area contributed by atoms with Gasteiger partial charge in [0.25, 0.3) is 0 Å². The molecule has 36 heavy (non-hydrogen) atoms. The van der Waals surface area contributed by atoms with Gasteiger partial charge in [-0.25, -0.2) is 9.59 Å². The normalized spacial score (nSPS) is 24.1. The third kappa shape index (κ3) is 4.82. The van der Waals surface area contributed by atoms with Gasteiger partial charge in [0.05, 0.1) is 11.3 Å². The average molecular weight is 540 g/mol. The highest BCUT2D eigenvalue weighted by atomic mass is 32.2. The Morgan fingerprint density at radius 3 is 2.58 bits per heavy atom. The summed E-state index contributed by atoms with van der Waals surface area (Å²) in [5.74, 6) is -3.13. The van der Waals surface area contributed by atoms with E-state index in [1.165, 1.54) is 30.5 Å². The summed E-state index contributed by atoms with van der Waals surface area (Å²) < 4.78 is 14.2. The smallest absolute Gasteiger partial charge is 0.357 e. The van der Waals surface area contributed by atoms with E-state index in [0.29, 0.717) is 5.57 Å². The molecule has 1 saturated heterocycles. The van der Waals surface area contributed by atoms with Crippen LogP contribution >= 0.6 is 23.3 Å². The molecule has 3 atom stereocenters. The number of ether oxygens (including phenoxy) is 2. The number of carbonyl (C=O) groups excluding carboxylic acids is 4. The number of fused-ring (bicyclic) bond motifs is 2. The number of esters is 2. The first kappa shape index (κ1) is 26.0. The number of aliphatic hydroxyl groups excluding tert-OH is 1. The Labute approximate surface area is 214 Å². The van der Waals surface area contributed by atoms with Gasteiger partial charge in [-0.1, -0.05) is 5.16 Å².